The van der Waals surface area contributed by atoms with Crippen LogP contribution < -0.4 is 5.32 Å². The van der Waals surface area contributed by atoms with Crippen LogP contribution in [0.4, 0.5) is 4.79 Å². The number of nitrogens with zero attached hydrogens (tertiary/aromatic N) is 2. The number of rotatable bonds is 5. The van der Waals surface area contributed by atoms with Crippen LogP contribution in [0.5, 0.6) is 0 Å². The molecule has 3 unspecified atom stereocenters. The third-order valence-electron chi connectivity index (χ3n) is 4.39. The number of urea groups is 1. The molecule has 23 heavy (non-hydrogen) atoms. The van der Waals surface area contributed by atoms with Gasteiger partial charge in [0.2, 0.25) is 0 Å². The van der Waals surface area contributed by atoms with Gasteiger partial charge in [0, 0.05) is 25.7 Å². The van der Waals surface area contributed by atoms with Crippen LogP contribution in [0, 0.1) is 11.8 Å². The highest BCUT2D eigenvalue weighted by molar-refractivity contribution is 5.74. The summed E-state index contributed by atoms with van der Waals surface area (Å²) >= 11 is 0. The molecule has 2 rings (SSSR count). The van der Waals surface area contributed by atoms with E-state index in [-0.39, 0.29) is 12.1 Å². The number of amides is 2. The van der Waals surface area contributed by atoms with Crippen molar-refractivity contribution in [2.75, 3.05) is 33.7 Å². The van der Waals surface area contributed by atoms with Crippen molar-refractivity contribution >= 4 is 6.03 Å². The first-order chi connectivity index (χ1) is 10.9. The molecule has 4 nitrogen and oxygen atoms in total. The molecule has 128 valence electrons. The van der Waals surface area contributed by atoms with Crippen LogP contribution in [0.25, 0.3) is 0 Å². The van der Waals surface area contributed by atoms with Gasteiger partial charge < -0.3 is 15.1 Å². The fraction of sp³-hybridized carbons (Fsp3) is 0.632. The van der Waals surface area contributed by atoms with Gasteiger partial charge in [0.05, 0.1) is 0 Å². The molecule has 0 aromatic heterocycles. The summed E-state index contributed by atoms with van der Waals surface area (Å²) in [5.41, 5.74) is 1.26. The topological polar surface area (TPSA) is 35.6 Å². The summed E-state index contributed by atoms with van der Waals surface area (Å²) in [7, 11) is 4.10. The third kappa shape index (κ3) is 5.87. The molecule has 1 saturated heterocycles. The van der Waals surface area contributed by atoms with Crippen molar-refractivity contribution in [3.05, 3.63) is 35.9 Å². The molecular weight excluding hydrogens is 286 g/mol. The molecule has 0 saturated carbocycles. The number of hydrogen-bond acceptors (Lipinski definition) is 2. The van der Waals surface area contributed by atoms with Gasteiger partial charge in [-0.1, -0.05) is 44.2 Å². The lowest BCUT2D eigenvalue weighted by Crippen LogP contribution is -2.52. The van der Waals surface area contributed by atoms with Gasteiger partial charge in [-0.2, -0.15) is 0 Å². The maximum atomic E-state index is 12.7. The molecule has 1 aromatic rings. The average molecular weight is 317 g/mol. The molecule has 0 spiro atoms. The van der Waals surface area contributed by atoms with Crippen molar-refractivity contribution in [1.82, 2.24) is 15.1 Å². The van der Waals surface area contributed by atoms with Gasteiger partial charge in [0.25, 0.3) is 0 Å². The lowest BCUT2D eigenvalue weighted by molar-refractivity contribution is 0.142. The summed E-state index contributed by atoms with van der Waals surface area (Å²) in [5.74, 6) is 1.18. The van der Waals surface area contributed by atoms with Crippen molar-refractivity contribution in [3.63, 3.8) is 0 Å². The van der Waals surface area contributed by atoms with Gasteiger partial charge in [-0.05, 0) is 44.3 Å². The summed E-state index contributed by atoms with van der Waals surface area (Å²) < 4.78 is 0. The fourth-order valence-electron chi connectivity index (χ4n) is 3.60. The van der Waals surface area contributed by atoms with E-state index in [9.17, 15) is 4.79 Å². The first-order valence-corrected chi connectivity index (χ1v) is 8.68. The molecule has 1 heterocycles. The zero-order valence-corrected chi connectivity index (χ0v) is 15.0. The van der Waals surface area contributed by atoms with E-state index in [2.05, 4.69) is 62.4 Å². The summed E-state index contributed by atoms with van der Waals surface area (Å²) in [6.07, 6.45) is 2.08. The molecule has 0 radical (unpaired) electrons. The maximum Gasteiger partial charge on any atom is 0.317 e. The van der Waals surface area contributed by atoms with Crippen molar-refractivity contribution in [2.45, 2.75) is 32.7 Å². The molecule has 4 heteroatoms. The van der Waals surface area contributed by atoms with Crippen LogP contribution >= 0.6 is 0 Å². The van der Waals surface area contributed by atoms with E-state index in [1.165, 1.54) is 12.0 Å². The third-order valence-corrected chi connectivity index (χ3v) is 4.39. The largest absolute Gasteiger partial charge is 0.334 e. The Morgan fingerprint density at radius 1 is 1.22 bits per heavy atom. The van der Waals surface area contributed by atoms with Crippen LogP contribution in [0.15, 0.2) is 30.3 Å². The number of likely N-dealkylation sites (tertiary alicyclic amines) is 1. The van der Waals surface area contributed by atoms with E-state index in [1.54, 1.807) is 0 Å². The van der Waals surface area contributed by atoms with E-state index in [1.807, 2.05) is 11.0 Å². The number of carbonyl (C=O) groups is 1. The highest BCUT2D eigenvalue weighted by Crippen LogP contribution is 2.21. The van der Waals surface area contributed by atoms with Gasteiger partial charge in [0.15, 0.2) is 0 Å². The molecule has 0 aliphatic carbocycles. The van der Waals surface area contributed by atoms with Gasteiger partial charge >= 0.3 is 6.03 Å². The monoisotopic (exact) mass is 317 g/mol. The zero-order valence-electron chi connectivity index (χ0n) is 15.0. The molecule has 1 N–H and O–H groups in total. The Labute approximate surface area is 140 Å². The normalized spacial score (nSPS) is 22.9. The van der Waals surface area contributed by atoms with Crippen molar-refractivity contribution < 1.29 is 4.79 Å². The smallest absolute Gasteiger partial charge is 0.317 e. The van der Waals surface area contributed by atoms with Crippen LogP contribution in [-0.4, -0.2) is 55.6 Å². The first-order valence-electron chi connectivity index (χ1n) is 8.68. The lowest BCUT2D eigenvalue weighted by Gasteiger charge is -2.36. The molecule has 0 bridgehead atoms. The minimum Gasteiger partial charge on any atom is -0.334 e. The van der Waals surface area contributed by atoms with Crippen molar-refractivity contribution in [1.29, 1.82) is 0 Å². The van der Waals surface area contributed by atoms with Gasteiger partial charge in [-0.15, -0.1) is 0 Å². The Morgan fingerprint density at radius 3 is 2.39 bits per heavy atom. The minimum absolute atomic E-state index is 0.0891. The van der Waals surface area contributed by atoms with E-state index >= 15 is 0 Å². The summed E-state index contributed by atoms with van der Waals surface area (Å²) in [4.78, 5) is 16.8. The SMILES string of the molecule is CC1CC(C)CN(C(=O)NC(Cc2ccccc2)CN(C)C)C1. The fourth-order valence-corrected chi connectivity index (χ4v) is 3.60. The molecule has 3 atom stereocenters. The number of piperidine rings is 1. The second kappa shape index (κ2) is 8.34. The van der Waals surface area contributed by atoms with E-state index < -0.39 is 0 Å². The molecule has 2 amide bonds. The summed E-state index contributed by atoms with van der Waals surface area (Å²) in [6, 6.07) is 10.6. The lowest BCUT2D eigenvalue weighted by atomic mass is 9.92. The van der Waals surface area contributed by atoms with Crippen LogP contribution in [-0.2, 0) is 6.42 Å². The highest BCUT2D eigenvalue weighted by atomic mass is 16.2. The number of hydrogen-bond donors (Lipinski definition) is 1. The number of likely N-dealkylation sites (N-methyl/N-ethyl adjacent to an activating group) is 1. The minimum atomic E-state index is 0.0891. The Hall–Kier alpha value is -1.55. The van der Waals surface area contributed by atoms with Gasteiger partial charge in [-0.25, -0.2) is 4.79 Å². The molecule has 1 aliphatic rings. The number of nitrogens with one attached hydrogen (secondary N) is 1. The predicted molar refractivity (Wildman–Crippen MR) is 95.5 cm³/mol. The highest BCUT2D eigenvalue weighted by Gasteiger charge is 2.26. The Bertz CT molecular complexity index is 479. The van der Waals surface area contributed by atoms with Crippen LogP contribution in [0.1, 0.15) is 25.8 Å². The maximum absolute atomic E-state index is 12.7. The Balaban J connectivity index is 1.97. The molecule has 1 fully saturated rings. The van der Waals surface area contributed by atoms with Crippen LogP contribution in [0.3, 0.4) is 0 Å². The quantitative estimate of drug-likeness (QED) is 0.906. The molecule has 1 aromatic carbocycles. The Kier molecular flexibility index (Phi) is 6.46. The standard InChI is InChI=1S/C19H31N3O/c1-15-10-16(2)13-22(12-15)19(23)20-18(14-21(3)4)11-17-8-6-5-7-9-17/h5-9,15-16,18H,10-14H2,1-4H3,(H,20,23). The number of benzene rings is 1. The van der Waals surface area contributed by atoms with Crippen LogP contribution in [0.2, 0.25) is 0 Å². The van der Waals surface area contributed by atoms with Gasteiger partial charge in [0.1, 0.15) is 0 Å². The average Bonchev–Trinajstić information content (AvgIpc) is 2.46. The van der Waals surface area contributed by atoms with E-state index in [0.717, 1.165) is 26.1 Å². The van der Waals surface area contributed by atoms with E-state index in [0.29, 0.717) is 11.8 Å². The molecular formula is C19H31N3O. The van der Waals surface area contributed by atoms with Crippen molar-refractivity contribution in [2.24, 2.45) is 11.8 Å². The second-order valence-corrected chi connectivity index (χ2v) is 7.45. The van der Waals surface area contributed by atoms with Crippen molar-refractivity contribution in [3.8, 4) is 0 Å². The number of carbonyl (C=O) groups excluding carboxylic acids is 1. The summed E-state index contributed by atoms with van der Waals surface area (Å²) in [5, 5.41) is 3.25. The second-order valence-electron chi connectivity index (χ2n) is 7.45. The van der Waals surface area contributed by atoms with Gasteiger partial charge in [-0.3, -0.25) is 0 Å². The zero-order chi connectivity index (χ0) is 16.8. The molecule has 1 aliphatic heterocycles. The summed E-state index contributed by atoms with van der Waals surface area (Å²) in [6.45, 7) is 7.06. The Morgan fingerprint density at radius 2 is 1.83 bits per heavy atom. The predicted octanol–water partition coefficient (Wildman–Crippen LogP) is 2.85. The first kappa shape index (κ1) is 17.8. The van der Waals surface area contributed by atoms with E-state index in [4.69, 9.17) is 0 Å².